The average molecular weight is 325 g/mol. The van der Waals surface area contributed by atoms with Gasteiger partial charge in [0.15, 0.2) is 0 Å². The van der Waals surface area contributed by atoms with Crippen LogP contribution in [-0.2, 0) is 6.42 Å². The Hall–Kier alpha value is 0.430. The van der Waals surface area contributed by atoms with Crippen molar-refractivity contribution >= 4 is 39.7 Å². The fourth-order valence-corrected chi connectivity index (χ4v) is 3.67. The molecule has 1 aromatic heterocycles. The Balaban J connectivity index is 0.00000128. The van der Waals surface area contributed by atoms with Crippen molar-refractivity contribution in [2.24, 2.45) is 0 Å². The van der Waals surface area contributed by atoms with E-state index in [2.05, 4.69) is 33.4 Å². The molecule has 0 spiro atoms. The Kier molecular flexibility index (Phi) is 6.97. The Morgan fingerprint density at radius 2 is 2.00 bits per heavy atom. The van der Waals surface area contributed by atoms with Crippen molar-refractivity contribution in [2.45, 2.75) is 44.6 Å². The average Bonchev–Trinajstić information content (AvgIpc) is 2.66. The largest absolute Gasteiger partial charge is 0.314 e. The van der Waals surface area contributed by atoms with Gasteiger partial charge in [-0.25, -0.2) is 0 Å². The SMILES string of the molecule is Brc1ccc(CCNC2CCCCC2)s1.Cl. The second-order valence-electron chi connectivity index (χ2n) is 4.24. The van der Waals surface area contributed by atoms with Crippen LogP contribution in [0.15, 0.2) is 15.9 Å². The molecule has 1 heterocycles. The van der Waals surface area contributed by atoms with Crippen molar-refractivity contribution in [3.63, 3.8) is 0 Å². The molecule has 0 radical (unpaired) electrons. The highest BCUT2D eigenvalue weighted by Crippen LogP contribution is 2.22. The maximum Gasteiger partial charge on any atom is 0.0701 e. The van der Waals surface area contributed by atoms with Crippen LogP contribution in [0.4, 0.5) is 0 Å². The number of halogens is 2. The summed E-state index contributed by atoms with van der Waals surface area (Å²) in [5.41, 5.74) is 0. The highest BCUT2D eigenvalue weighted by molar-refractivity contribution is 9.11. The zero-order valence-corrected chi connectivity index (χ0v) is 12.6. The number of hydrogen-bond acceptors (Lipinski definition) is 2. The van der Waals surface area contributed by atoms with E-state index in [0.717, 1.165) is 12.6 Å². The van der Waals surface area contributed by atoms with Crippen molar-refractivity contribution < 1.29 is 0 Å². The van der Waals surface area contributed by atoms with E-state index in [1.54, 1.807) is 0 Å². The van der Waals surface area contributed by atoms with Gasteiger partial charge in [0.25, 0.3) is 0 Å². The monoisotopic (exact) mass is 323 g/mol. The third-order valence-corrected chi connectivity index (χ3v) is 4.72. The normalized spacial score (nSPS) is 17.1. The quantitative estimate of drug-likeness (QED) is 0.865. The van der Waals surface area contributed by atoms with Gasteiger partial charge in [-0.2, -0.15) is 0 Å². The van der Waals surface area contributed by atoms with E-state index < -0.39 is 0 Å². The minimum atomic E-state index is 0. The molecule has 4 heteroatoms. The molecule has 0 aliphatic heterocycles. The molecular weight excluding hydrogens is 306 g/mol. The fraction of sp³-hybridized carbons (Fsp3) is 0.667. The lowest BCUT2D eigenvalue weighted by Crippen LogP contribution is -2.32. The van der Waals surface area contributed by atoms with E-state index in [0.29, 0.717) is 0 Å². The first-order chi connectivity index (χ1) is 7.34. The van der Waals surface area contributed by atoms with E-state index in [1.165, 1.54) is 47.2 Å². The molecule has 1 saturated carbocycles. The van der Waals surface area contributed by atoms with Crippen molar-refractivity contribution in [3.05, 3.63) is 20.8 Å². The maximum atomic E-state index is 3.67. The van der Waals surface area contributed by atoms with Gasteiger partial charge in [0, 0.05) is 17.5 Å². The lowest BCUT2D eigenvalue weighted by molar-refractivity contribution is 0.376. The van der Waals surface area contributed by atoms with Gasteiger partial charge in [0.1, 0.15) is 0 Å². The molecule has 1 nitrogen and oxygen atoms in total. The standard InChI is InChI=1S/C12H18BrNS.ClH/c13-12-7-6-11(15-12)8-9-14-10-4-2-1-3-5-10;/h6-7,10,14H,1-5,8-9H2;1H. The number of rotatable bonds is 4. The van der Waals surface area contributed by atoms with Crippen LogP contribution in [0.2, 0.25) is 0 Å². The van der Waals surface area contributed by atoms with E-state index in [4.69, 9.17) is 0 Å². The second-order valence-corrected chi connectivity index (χ2v) is 6.79. The molecule has 0 atom stereocenters. The first kappa shape index (κ1) is 14.5. The first-order valence-corrected chi connectivity index (χ1v) is 7.43. The number of hydrogen-bond donors (Lipinski definition) is 1. The first-order valence-electron chi connectivity index (χ1n) is 5.82. The molecule has 1 aliphatic rings. The molecule has 1 N–H and O–H groups in total. The highest BCUT2D eigenvalue weighted by atomic mass is 79.9. The Morgan fingerprint density at radius 3 is 2.62 bits per heavy atom. The van der Waals surface area contributed by atoms with Crippen molar-refractivity contribution in [1.82, 2.24) is 5.32 Å². The molecular formula is C12H19BrClNS. The topological polar surface area (TPSA) is 12.0 Å². The maximum absolute atomic E-state index is 3.67. The van der Waals surface area contributed by atoms with E-state index in [1.807, 2.05) is 11.3 Å². The minimum Gasteiger partial charge on any atom is -0.314 e. The smallest absolute Gasteiger partial charge is 0.0701 e. The summed E-state index contributed by atoms with van der Waals surface area (Å²) in [6.45, 7) is 1.14. The zero-order chi connectivity index (χ0) is 10.5. The molecule has 0 aromatic carbocycles. The van der Waals surface area contributed by atoms with Crippen LogP contribution in [0.25, 0.3) is 0 Å². The summed E-state index contributed by atoms with van der Waals surface area (Å²) in [4.78, 5) is 1.48. The molecule has 16 heavy (non-hydrogen) atoms. The molecule has 0 amide bonds. The molecule has 0 unspecified atom stereocenters. The van der Waals surface area contributed by atoms with Gasteiger partial charge < -0.3 is 5.32 Å². The van der Waals surface area contributed by atoms with Crippen LogP contribution in [0.5, 0.6) is 0 Å². The van der Waals surface area contributed by atoms with Crippen LogP contribution in [-0.4, -0.2) is 12.6 Å². The Morgan fingerprint density at radius 1 is 1.25 bits per heavy atom. The Bertz CT molecular complexity index is 297. The van der Waals surface area contributed by atoms with E-state index >= 15 is 0 Å². The minimum absolute atomic E-state index is 0. The second kappa shape index (κ2) is 7.70. The van der Waals surface area contributed by atoms with Crippen LogP contribution in [0.3, 0.4) is 0 Å². The van der Waals surface area contributed by atoms with Crippen LogP contribution in [0, 0.1) is 0 Å². The molecule has 1 aromatic rings. The van der Waals surface area contributed by atoms with E-state index in [9.17, 15) is 0 Å². The van der Waals surface area contributed by atoms with Crippen LogP contribution >= 0.6 is 39.7 Å². The Labute approximate surface area is 117 Å². The molecule has 0 saturated heterocycles. The van der Waals surface area contributed by atoms with Gasteiger partial charge in [0.2, 0.25) is 0 Å². The van der Waals surface area contributed by atoms with Gasteiger partial charge >= 0.3 is 0 Å². The van der Waals surface area contributed by atoms with Gasteiger partial charge in [-0.15, -0.1) is 23.7 Å². The summed E-state index contributed by atoms with van der Waals surface area (Å²) in [6, 6.07) is 5.15. The third kappa shape index (κ3) is 4.74. The lowest BCUT2D eigenvalue weighted by Gasteiger charge is -2.22. The van der Waals surface area contributed by atoms with Gasteiger partial charge in [-0.05, 0) is 47.3 Å². The molecule has 92 valence electrons. The van der Waals surface area contributed by atoms with Gasteiger partial charge in [0.05, 0.1) is 3.79 Å². The third-order valence-electron chi connectivity index (χ3n) is 3.04. The molecule has 1 aliphatic carbocycles. The fourth-order valence-electron chi connectivity index (χ4n) is 2.19. The van der Waals surface area contributed by atoms with Crippen LogP contribution in [0.1, 0.15) is 37.0 Å². The molecule has 2 rings (SSSR count). The number of thiophene rings is 1. The zero-order valence-electron chi connectivity index (χ0n) is 9.38. The van der Waals surface area contributed by atoms with Crippen molar-refractivity contribution in [1.29, 1.82) is 0 Å². The summed E-state index contributed by atoms with van der Waals surface area (Å²) < 4.78 is 1.25. The van der Waals surface area contributed by atoms with Gasteiger partial charge in [-0.3, -0.25) is 0 Å². The predicted molar refractivity (Wildman–Crippen MR) is 77.8 cm³/mol. The lowest BCUT2D eigenvalue weighted by atomic mass is 9.95. The van der Waals surface area contributed by atoms with Gasteiger partial charge in [-0.1, -0.05) is 19.3 Å². The molecule has 1 fully saturated rings. The summed E-state index contributed by atoms with van der Waals surface area (Å²) in [6.07, 6.45) is 8.22. The highest BCUT2D eigenvalue weighted by Gasteiger charge is 2.11. The van der Waals surface area contributed by atoms with Crippen molar-refractivity contribution in [3.8, 4) is 0 Å². The summed E-state index contributed by atoms with van der Waals surface area (Å²) in [5, 5.41) is 3.67. The summed E-state index contributed by atoms with van der Waals surface area (Å²) >= 11 is 5.35. The van der Waals surface area contributed by atoms with E-state index in [-0.39, 0.29) is 12.4 Å². The van der Waals surface area contributed by atoms with Crippen molar-refractivity contribution in [2.75, 3.05) is 6.54 Å². The molecule has 0 bridgehead atoms. The number of nitrogens with one attached hydrogen (secondary N) is 1. The summed E-state index contributed by atoms with van der Waals surface area (Å²) in [5.74, 6) is 0. The predicted octanol–water partition coefficient (Wildman–Crippen LogP) is 4.40. The van der Waals surface area contributed by atoms with Crippen LogP contribution < -0.4 is 5.32 Å². The summed E-state index contributed by atoms with van der Waals surface area (Å²) in [7, 11) is 0.